The van der Waals surface area contributed by atoms with Crippen LogP contribution in [0.25, 0.3) is 21.8 Å². The van der Waals surface area contributed by atoms with E-state index in [0.717, 1.165) is 24.8 Å². The fraction of sp³-hybridized carbons (Fsp3) is 0.222. The van der Waals surface area contributed by atoms with Crippen molar-refractivity contribution in [2.75, 3.05) is 6.61 Å². The molecule has 0 spiro atoms. The molecule has 4 aromatic rings. The second-order valence-corrected chi connectivity index (χ2v) is 8.32. The number of pyridine rings is 1. The van der Waals surface area contributed by atoms with Crippen LogP contribution in [0.4, 0.5) is 0 Å². The second kappa shape index (κ2) is 8.90. The van der Waals surface area contributed by atoms with Gasteiger partial charge in [-0.25, -0.2) is 0 Å². The number of nitrogens with one attached hydrogen (secondary N) is 1. The maximum Gasteiger partial charge on any atom is 0.326 e. The molecule has 1 heterocycles. The summed E-state index contributed by atoms with van der Waals surface area (Å²) in [6, 6.07) is 22.4. The van der Waals surface area contributed by atoms with Crippen molar-refractivity contribution in [1.29, 1.82) is 0 Å². The second-order valence-electron chi connectivity index (χ2n) is 8.32. The van der Waals surface area contributed by atoms with Crippen LogP contribution in [0.2, 0.25) is 0 Å². The summed E-state index contributed by atoms with van der Waals surface area (Å²) < 4.78 is 7.08. The zero-order chi connectivity index (χ0) is 22.8. The molecule has 5 rings (SSSR count). The quantitative estimate of drug-likeness (QED) is 0.377. The Morgan fingerprint density at radius 2 is 1.55 bits per heavy atom. The van der Waals surface area contributed by atoms with Crippen molar-refractivity contribution in [3.8, 4) is 0 Å². The third-order valence-electron chi connectivity index (χ3n) is 6.24. The molecule has 166 valence electrons. The smallest absolute Gasteiger partial charge is 0.326 e. The van der Waals surface area contributed by atoms with E-state index in [4.69, 9.17) is 4.74 Å². The number of aromatic nitrogens is 1. The minimum Gasteiger partial charge on any atom is -0.454 e. The van der Waals surface area contributed by atoms with Gasteiger partial charge in [0.25, 0.3) is 5.91 Å². The van der Waals surface area contributed by atoms with E-state index < -0.39 is 5.97 Å². The zero-order valence-corrected chi connectivity index (χ0v) is 18.1. The van der Waals surface area contributed by atoms with Crippen molar-refractivity contribution >= 4 is 33.7 Å². The van der Waals surface area contributed by atoms with Gasteiger partial charge in [0.05, 0.1) is 17.1 Å². The largest absolute Gasteiger partial charge is 0.454 e. The number of benzene rings is 3. The number of para-hydroxylation sites is 2. The predicted molar refractivity (Wildman–Crippen MR) is 127 cm³/mol. The Balaban J connectivity index is 1.31. The van der Waals surface area contributed by atoms with Crippen LogP contribution in [0, 0.1) is 0 Å². The molecule has 6 nitrogen and oxygen atoms in total. The third kappa shape index (κ3) is 4.12. The summed E-state index contributed by atoms with van der Waals surface area (Å²) in [5.41, 5.74) is 3.62. The van der Waals surface area contributed by atoms with Gasteiger partial charge in [-0.1, -0.05) is 48.5 Å². The van der Waals surface area contributed by atoms with Crippen LogP contribution in [0.1, 0.15) is 30.0 Å². The van der Waals surface area contributed by atoms with Gasteiger partial charge < -0.3 is 14.6 Å². The lowest BCUT2D eigenvalue weighted by atomic mass is 9.88. The lowest BCUT2D eigenvalue weighted by Gasteiger charge is -2.26. The molecular formula is C27H24N2O4. The number of carbonyl (C=O) groups is 2. The summed E-state index contributed by atoms with van der Waals surface area (Å²) in [5, 5.41) is 4.08. The van der Waals surface area contributed by atoms with Gasteiger partial charge in [0.1, 0.15) is 6.54 Å². The van der Waals surface area contributed by atoms with Crippen LogP contribution in [0.5, 0.6) is 0 Å². The summed E-state index contributed by atoms with van der Waals surface area (Å²) in [4.78, 5) is 38.0. The Morgan fingerprint density at radius 1 is 0.909 bits per heavy atom. The number of rotatable bonds is 5. The molecule has 0 aliphatic heterocycles. The van der Waals surface area contributed by atoms with E-state index in [1.807, 2.05) is 42.5 Å². The van der Waals surface area contributed by atoms with Crippen molar-refractivity contribution in [3.63, 3.8) is 0 Å². The minimum absolute atomic E-state index is 0.0620. The molecule has 0 saturated carbocycles. The zero-order valence-electron chi connectivity index (χ0n) is 18.1. The van der Waals surface area contributed by atoms with Gasteiger partial charge in [0.2, 0.25) is 0 Å². The van der Waals surface area contributed by atoms with Crippen molar-refractivity contribution in [3.05, 3.63) is 94.1 Å². The lowest BCUT2D eigenvalue weighted by molar-refractivity contribution is -0.149. The molecule has 1 aromatic heterocycles. The van der Waals surface area contributed by atoms with Crippen molar-refractivity contribution in [1.82, 2.24) is 9.88 Å². The molecule has 3 aromatic carbocycles. The van der Waals surface area contributed by atoms with Gasteiger partial charge in [-0.05, 0) is 54.7 Å². The lowest BCUT2D eigenvalue weighted by Crippen LogP contribution is -2.34. The fourth-order valence-corrected chi connectivity index (χ4v) is 4.71. The summed E-state index contributed by atoms with van der Waals surface area (Å²) in [6.45, 7) is -0.436. The predicted octanol–water partition coefficient (Wildman–Crippen LogP) is 3.89. The van der Waals surface area contributed by atoms with Crippen LogP contribution in [-0.4, -0.2) is 23.1 Å². The van der Waals surface area contributed by atoms with Crippen molar-refractivity contribution < 1.29 is 14.3 Å². The van der Waals surface area contributed by atoms with Crippen LogP contribution in [0.15, 0.2) is 77.6 Å². The van der Waals surface area contributed by atoms with E-state index in [1.54, 1.807) is 28.8 Å². The van der Waals surface area contributed by atoms with E-state index in [2.05, 4.69) is 11.4 Å². The summed E-state index contributed by atoms with van der Waals surface area (Å²) >= 11 is 0. The Hall–Kier alpha value is -3.93. The molecule has 0 saturated heterocycles. The number of fused-ring (bicyclic) bond motifs is 3. The first-order chi connectivity index (χ1) is 16.1. The number of esters is 1. The fourth-order valence-electron chi connectivity index (χ4n) is 4.71. The van der Waals surface area contributed by atoms with E-state index in [0.29, 0.717) is 21.8 Å². The molecular weight excluding hydrogens is 416 g/mol. The molecule has 1 amide bonds. The highest BCUT2D eigenvalue weighted by Crippen LogP contribution is 2.29. The first-order valence-electron chi connectivity index (χ1n) is 11.1. The molecule has 33 heavy (non-hydrogen) atoms. The maximum absolute atomic E-state index is 12.8. The Labute approximate surface area is 190 Å². The highest BCUT2D eigenvalue weighted by Gasteiger charge is 2.22. The summed E-state index contributed by atoms with van der Waals surface area (Å²) in [6.07, 6.45) is 2.89. The average molecular weight is 440 g/mol. The van der Waals surface area contributed by atoms with Gasteiger partial charge in [-0.3, -0.25) is 14.4 Å². The molecule has 0 radical (unpaired) electrons. The molecule has 0 fully saturated rings. The van der Waals surface area contributed by atoms with Crippen LogP contribution < -0.4 is 10.7 Å². The number of nitrogens with zero attached hydrogens (tertiary/aromatic N) is 1. The molecule has 1 atom stereocenters. The third-order valence-corrected chi connectivity index (χ3v) is 6.24. The maximum atomic E-state index is 12.8. The molecule has 6 heteroatoms. The van der Waals surface area contributed by atoms with E-state index in [9.17, 15) is 14.4 Å². The number of aryl methyl sites for hydroxylation is 1. The normalized spacial score (nSPS) is 15.2. The number of hydrogen-bond acceptors (Lipinski definition) is 4. The van der Waals surface area contributed by atoms with Gasteiger partial charge in [-0.2, -0.15) is 0 Å². The summed E-state index contributed by atoms with van der Waals surface area (Å²) in [7, 11) is 0. The SMILES string of the molecule is O=C(COC(=O)Cn1c2ccccc2c(=O)c2ccccc21)NC1CCCc2ccccc21. The van der Waals surface area contributed by atoms with E-state index in [1.165, 1.54) is 5.56 Å². The first kappa shape index (κ1) is 20.9. The van der Waals surface area contributed by atoms with E-state index in [-0.39, 0.29) is 30.5 Å². The molecule has 1 N–H and O–H groups in total. The van der Waals surface area contributed by atoms with Crippen LogP contribution >= 0.6 is 0 Å². The van der Waals surface area contributed by atoms with Gasteiger partial charge >= 0.3 is 5.97 Å². The molecule has 1 aliphatic rings. The van der Waals surface area contributed by atoms with Crippen LogP contribution in [0.3, 0.4) is 0 Å². The highest BCUT2D eigenvalue weighted by molar-refractivity contribution is 5.94. The van der Waals surface area contributed by atoms with Gasteiger partial charge in [0, 0.05) is 10.8 Å². The van der Waals surface area contributed by atoms with Gasteiger partial charge in [-0.15, -0.1) is 0 Å². The molecule has 1 unspecified atom stereocenters. The van der Waals surface area contributed by atoms with Gasteiger partial charge in [0.15, 0.2) is 12.0 Å². The van der Waals surface area contributed by atoms with Crippen molar-refractivity contribution in [2.45, 2.75) is 31.8 Å². The van der Waals surface area contributed by atoms with Crippen molar-refractivity contribution in [2.24, 2.45) is 0 Å². The Bertz CT molecular complexity index is 1360. The first-order valence-corrected chi connectivity index (χ1v) is 11.1. The number of ether oxygens (including phenoxy) is 1. The minimum atomic E-state index is -0.534. The number of hydrogen-bond donors (Lipinski definition) is 1. The molecule has 0 bridgehead atoms. The standard InChI is InChI=1S/C27H24N2O4/c30-25(28-22-13-7-9-18-8-1-2-10-19(18)22)17-33-26(31)16-29-23-14-5-3-11-20(23)27(32)21-12-4-6-15-24(21)29/h1-6,8,10-12,14-15,22H,7,9,13,16-17H2,(H,28,30). The number of carbonyl (C=O) groups excluding carboxylic acids is 2. The Kier molecular flexibility index (Phi) is 5.65. The number of amides is 1. The topological polar surface area (TPSA) is 77.4 Å². The highest BCUT2D eigenvalue weighted by atomic mass is 16.5. The Morgan fingerprint density at radius 3 is 2.27 bits per heavy atom. The molecule has 1 aliphatic carbocycles. The van der Waals surface area contributed by atoms with Crippen LogP contribution in [-0.2, 0) is 27.3 Å². The summed E-state index contributed by atoms with van der Waals surface area (Å²) in [5.74, 6) is -0.854. The average Bonchev–Trinajstić information content (AvgIpc) is 2.85. The van der Waals surface area contributed by atoms with E-state index >= 15 is 0 Å². The monoisotopic (exact) mass is 440 g/mol.